The van der Waals surface area contributed by atoms with Gasteiger partial charge in [-0.05, 0) is 24.3 Å². The quantitative estimate of drug-likeness (QED) is 0.641. The summed E-state index contributed by atoms with van der Waals surface area (Å²) in [5, 5.41) is 2.75. The fourth-order valence-corrected chi connectivity index (χ4v) is 1.92. The number of para-hydroxylation sites is 1. The normalized spacial score (nSPS) is 12.8. The predicted molar refractivity (Wildman–Crippen MR) is 82.3 cm³/mol. The second kappa shape index (κ2) is 6.79. The molecule has 0 bridgehead atoms. The zero-order valence-corrected chi connectivity index (χ0v) is 13.4. The highest BCUT2D eigenvalue weighted by atomic mass is 35.6. The number of halogens is 4. The third-order valence-corrected chi connectivity index (χ3v) is 3.29. The van der Waals surface area contributed by atoms with E-state index in [0.29, 0.717) is 5.02 Å². The molecule has 1 atom stereocenters. The summed E-state index contributed by atoms with van der Waals surface area (Å²) in [6.45, 7) is 0. The van der Waals surface area contributed by atoms with Gasteiger partial charge >= 0.3 is 0 Å². The van der Waals surface area contributed by atoms with Crippen molar-refractivity contribution in [3.63, 3.8) is 0 Å². The fraction of sp³-hybridized carbons (Fsp3) is 0.154. The smallest absolute Gasteiger partial charge is 0.289 e. The van der Waals surface area contributed by atoms with Gasteiger partial charge in [-0.1, -0.05) is 58.5 Å². The van der Waals surface area contributed by atoms with Gasteiger partial charge in [-0.25, -0.2) is 0 Å². The van der Waals surface area contributed by atoms with Crippen LogP contribution in [0, 0.1) is 0 Å². The summed E-state index contributed by atoms with van der Waals surface area (Å²) in [6, 6.07) is 9.66. The lowest BCUT2D eigenvalue weighted by Gasteiger charge is -2.26. The predicted octanol–water partition coefficient (Wildman–Crippen LogP) is 4.44. The zero-order chi connectivity index (χ0) is 15.5. The average molecular weight is 369 g/mol. The van der Waals surface area contributed by atoms with E-state index in [0.717, 1.165) is 0 Å². The number of hydrogen-bond donors (Lipinski definition) is 1. The first-order valence-electron chi connectivity index (χ1n) is 5.70. The molecule has 0 saturated carbocycles. The molecule has 1 N–H and O–H groups in total. The van der Waals surface area contributed by atoms with E-state index in [9.17, 15) is 4.79 Å². The number of furan rings is 1. The van der Waals surface area contributed by atoms with Crippen molar-refractivity contribution in [1.82, 2.24) is 5.32 Å². The number of carbonyl (C=O) groups is 1. The van der Waals surface area contributed by atoms with Gasteiger partial charge in [-0.2, -0.15) is 0 Å². The summed E-state index contributed by atoms with van der Waals surface area (Å²) in [7, 11) is 0. The highest BCUT2D eigenvalue weighted by molar-refractivity contribution is 6.68. The number of amides is 1. The van der Waals surface area contributed by atoms with Crippen molar-refractivity contribution in [1.29, 1.82) is 0 Å². The van der Waals surface area contributed by atoms with E-state index in [-0.39, 0.29) is 11.5 Å². The molecule has 1 aromatic carbocycles. The maximum atomic E-state index is 11.9. The van der Waals surface area contributed by atoms with Gasteiger partial charge in [0, 0.05) is 0 Å². The van der Waals surface area contributed by atoms with Gasteiger partial charge in [-0.15, -0.1) is 0 Å². The minimum atomic E-state index is -1.90. The second-order valence-electron chi connectivity index (χ2n) is 3.92. The number of carbonyl (C=O) groups excluding carboxylic acids is 1. The SMILES string of the molecule is O=C(N[C@H](Oc1ccccc1Cl)C(Cl)(Cl)Cl)c1ccco1. The topological polar surface area (TPSA) is 51.5 Å². The lowest BCUT2D eigenvalue weighted by molar-refractivity contribution is 0.0805. The van der Waals surface area contributed by atoms with Gasteiger partial charge in [0.25, 0.3) is 5.91 Å². The molecule has 0 spiro atoms. The minimum absolute atomic E-state index is 0.0667. The van der Waals surface area contributed by atoms with Gasteiger partial charge in [0.15, 0.2) is 5.76 Å². The Morgan fingerprint density at radius 2 is 1.90 bits per heavy atom. The van der Waals surface area contributed by atoms with Gasteiger partial charge in [0.2, 0.25) is 10.0 Å². The van der Waals surface area contributed by atoms with E-state index in [4.69, 9.17) is 55.6 Å². The van der Waals surface area contributed by atoms with Crippen LogP contribution in [0.25, 0.3) is 0 Å². The molecule has 0 saturated heterocycles. The Kier molecular flexibility index (Phi) is 5.27. The van der Waals surface area contributed by atoms with Crippen molar-refractivity contribution in [2.75, 3.05) is 0 Å². The number of hydrogen-bond acceptors (Lipinski definition) is 3. The van der Waals surface area contributed by atoms with Crippen LogP contribution >= 0.6 is 46.4 Å². The van der Waals surface area contributed by atoms with Gasteiger partial charge < -0.3 is 14.5 Å². The van der Waals surface area contributed by atoms with Crippen LogP contribution in [0.4, 0.5) is 0 Å². The molecule has 0 aliphatic rings. The van der Waals surface area contributed by atoms with Crippen molar-refractivity contribution in [3.05, 3.63) is 53.4 Å². The summed E-state index contributed by atoms with van der Waals surface area (Å²) in [5.74, 6) is -0.240. The number of alkyl halides is 3. The molecule has 1 amide bonds. The van der Waals surface area contributed by atoms with E-state index >= 15 is 0 Å². The number of benzene rings is 1. The molecule has 4 nitrogen and oxygen atoms in total. The molecule has 2 rings (SSSR count). The Morgan fingerprint density at radius 1 is 1.19 bits per heavy atom. The first-order chi connectivity index (χ1) is 9.88. The molecule has 0 radical (unpaired) electrons. The van der Waals surface area contributed by atoms with Gasteiger partial charge in [-0.3, -0.25) is 4.79 Å². The third-order valence-electron chi connectivity index (χ3n) is 2.39. The maximum absolute atomic E-state index is 11.9. The monoisotopic (exact) mass is 367 g/mol. The van der Waals surface area contributed by atoms with E-state index in [1.807, 2.05) is 0 Å². The Labute approximate surface area is 140 Å². The van der Waals surface area contributed by atoms with Crippen LogP contribution in [0.5, 0.6) is 5.75 Å². The van der Waals surface area contributed by atoms with Crippen LogP contribution in [0.15, 0.2) is 47.1 Å². The van der Waals surface area contributed by atoms with Crippen molar-refractivity contribution in [2.24, 2.45) is 0 Å². The molecule has 21 heavy (non-hydrogen) atoms. The number of nitrogens with one attached hydrogen (secondary N) is 1. The maximum Gasteiger partial charge on any atom is 0.289 e. The van der Waals surface area contributed by atoms with Crippen LogP contribution in [0.2, 0.25) is 5.02 Å². The van der Waals surface area contributed by atoms with Gasteiger partial charge in [0.1, 0.15) is 5.75 Å². The molecule has 2 aromatic rings. The van der Waals surface area contributed by atoms with Crippen LogP contribution in [0.3, 0.4) is 0 Å². The third kappa shape index (κ3) is 4.45. The summed E-state index contributed by atoms with van der Waals surface area (Å²) < 4.78 is 8.54. The van der Waals surface area contributed by atoms with Crippen molar-refractivity contribution in [2.45, 2.75) is 10.0 Å². The van der Waals surface area contributed by atoms with Crippen molar-refractivity contribution >= 4 is 52.3 Å². The minimum Gasteiger partial charge on any atom is -0.464 e. The molecule has 0 unspecified atom stereocenters. The first-order valence-corrected chi connectivity index (χ1v) is 7.21. The Balaban J connectivity index is 2.16. The lowest BCUT2D eigenvalue weighted by Crippen LogP contribution is -2.47. The highest BCUT2D eigenvalue weighted by Crippen LogP contribution is 2.34. The van der Waals surface area contributed by atoms with E-state index in [1.54, 1.807) is 30.3 Å². The van der Waals surface area contributed by atoms with Crippen LogP contribution in [-0.4, -0.2) is 15.9 Å². The fourth-order valence-electron chi connectivity index (χ4n) is 1.44. The van der Waals surface area contributed by atoms with Gasteiger partial charge in [0.05, 0.1) is 11.3 Å². The Bertz CT molecular complexity index is 610. The molecule has 1 aromatic heterocycles. The Hall–Kier alpha value is -1.07. The van der Waals surface area contributed by atoms with Crippen LogP contribution in [0.1, 0.15) is 10.6 Å². The molecule has 0 aliphatic heterocycles. The standard InChI is InChI=1S/C13H9Cl4NO3/c14-8-4-1-2-5-9(8)21-12(13(15,16)17)18-11(19)10-6-3-7-20-10/h1-7,12H,(H,18,19)/t12-/m1/s1. The van der Waals surface area contributed by atoms with Crippen LogP contribution < -0.4 is 10.1 Å². The van der Waals surface area contributed by atoms with E-state index in [1.165, 1.54) is 12.3 Å². The first kappa shape index (κ1) is 16.3. The molecular weight excluding hydrogens is 360 g/mol. The van der Waals surface area contributed by atoms with Crippen LogP contribution in [-0.2, 0) is 0 Å². The van der Waals surface area contributed by atoms with E-state index < -0.39 is 15.9 Å². The van der Waals surface area contributed by atoms with Crippen molar-refractivity contribution < 1.29 is 13.9 Å². The number of ether oxygens (including phenoxy) is 1. The van der Waals surface area contributed by atoms with Crippen molar-refractivity contribution in [3.8, 4) is 5.75 Å². The highest BCUT2D eigenvalue weighted by Gasteiger charge is 2.37. The molecule has 112 valence electrons. The molecule has 1 heterocycles. The average Bonchev–Trinajstić information content (AvgIpc) is 2.93. The largest absolute Gasteiger partial charge is 0.464 e. The summed E-state index contributed by atoms with van der Waals surface area (Å²) in [4.78, 5) is 11.9. The summed E-state index contributed by atoms with van der Waals surface area (Å²) in [6.07, 6.45) is 0.105. The van der Waals surface area contributed by atoms with E-state index in [2.05, 4.69) is 5.32 Å². The summed E-state index contributed by atoms with van der Waals surface area (Å²) in [5.41, 5.74) is 0. The lowest BCUT2D eigenvalue weighted by atomic mass is 10.3. The molecule has 0 aliphatic carbocycles. The summed E-state index contributed by atoms with van der Waals surface area (Å²) >= 11 is 23.4. The zero-order valence-electron chi connectivity index (χ0n) is 10.4. The molecule has 0 fully saturated rings. The second-order valence-corrected chi connectivity index (χ2v) is 6.70. The molecular formula is C13H9Cl4NO3. The molecule has 8 heteroatoms. The Morgan fingerprint density at radius 3 is 2.48 bits per heavy atom. The number of rotatable bonds is 4.